The van der Waals surface area contributed by atoms with Gasteiger partial charge in [0.25, 0.3) is 0 Å². The van der Waals surface area contributed by atoms with E-state index < -0.39 is 0 Å². The molecule has 2 N–H and O–H groups in total. The number of carbonyl (C=O) groups excluding carboxylic acids is 1. The molecule has 1 aromatic carbocycles. The van der Waals surface area contributed by atoms with Crippen LogP contribution in [0, 0.1) is 5.92 Å². The lowest BCUT2D eigenvalue weighted by atomic mass is 9.98. The van der Waals surface area contributed by atoms with Crippen molar-refractivity contribution in [1.82, 2.24) is 10.2 Å². The van der Waals surface area contributed by atoms with Crippen LogP contribution in [-0.2, 0) is 4.79 Å². The molecule has 3 rings (SSSR count). The number of likely N-dealkylation sites (tertiary alicyclic amines) is 1. The summed E-state index contributed by atoms with van der Waals surface area (Å²) in [7, 11) is 0. The molecule has 110 valence electrons. The summed E-state index contributed by atoms with van der Waals surface area (Å²) in [5.41, 5.74) is 1.15. The van der Waals surface area contributed by atoms with E-state index in [4.69, 9.17) is 0 Å². The smallest absolute Gasteiger partial charge is 0.228 e. The quantitative estimate of drug-likeness (QED) is 0.893. The van der Waals surface area contributed by atoms with Crippen LogP contribution in [0.1, 0.15) is 12.8 Å². The van der Waals surface area contributed by atoms with Gasteiger partial charge in [-0.1, -0.05) is 18.2 Å². The summed E-state index contributed by atoms with van der Waals surface area (Å²) < 4.78 is 0. The molecule has 0 saturated carbocycles. The van der Waals surface area contributed by atoms with Crippen LogP contribution in [0.2, 0.25) is 0 Å². The highest BCUT2D eigenvalue weighted by Crippen LogP contribution is 2.18. The van der Waals surface area contributed by atoms with Gasteiger partial charge in [-0.3, -0.25) is 4.79 Å². The topological polar surface area (TPSA) is 44.4 Å². The highest BCUT2D eigenvalue weighted by atomic mass is 35.5. The summed E-state index contributed by atoms with van der Waals surface area (Å²) in [6, 6.07) is 10.6. The van der Waals surface area contributed by atoms with Gasteiger partial charge in [-0.15, -0.1) is 12.4 Å². The van der Waals surface area contributed by atoms with Crippen LogP contribution in [-0.4, -0.2) is 43.0 Å². The summed E-state index contributed by atoms with van der Waals surface area (Å²) in [6.45, 7) is 3.46. The number of amides is 1. The van der Waals surface area contributed by atoms with E-state index >= 15 is 0 Å². The molecule has 1 amide bonds. The normalized spacial score (nSPS) is 22.6. The minimum absolute atomic E-state index is 0. The van der Waals surface area contributed by atoms with Crippen molar-refractivity contribution in [3.05, 3.63) is 30.3 Å². The largest absolute Gasteiger partial charge is 0.381 e. The molecule has 4 nitrogen and oxygen atoms in total. The molecule has 0 spiro atoms. The van der Waals surface area contributed by atoms with Gasteiger partial charge in [0.1, 0.15) is 0 Å². The van der Waals surface area contributed by atoms with Gasteiger partial charge in [-0.25, -0.2) is 0 Å². The molecule has 2 aliphatic rings. The Bertz CT molecular complexity index is 436. The fourth-order valence-corrected chi connectivity index (χ4v) is 2.79. The van der Waals surface area contributed by atoms with Gasteiger partial charge in [0.05, 0.1) is 5.92 Å². The number of halogens is 1. The van der Waals surface area contributed by atoms with Crippen LogP contribution >= 0.6 is 12.4 Å². The molecule has 0 radical (unpaired) electrons. The zero-order valence-corrected chi connectivity index (χ0v) is 12.4. The van der Waals surface area contributed by atoms with Crippen molar-refractivity contribution >= 4 is 24.0 Å². The van der Waals surface area contributed by atoms with E-state index in [1.54, 1.807) is 0 Å². The molecule has 1 aromatic rings. The minimum Gasteiger partial charge on any atom is -0.381 e. The number of nitrogens with zero attached hydrogens (tertiary/aromatic N) is 1. The Labute approximate surface area is 126 Å². The van der Waals surface area contributed by atoms with Gasteiger partial charge in [0.2, 0.25) is 5.91 Å². The van der Waals surface area contributed by atoms with Crippen LogP contribution in [0.5, 0.6) is 0 Å². The zero-order chi connectivity index (χ0) is 13.1. The van der Waals surface area contributed by atoms with Crippen molar-refractivity contribution in [3.63, 3.8) is 0 Å². The maximum absolute atomic E-state index is 12.2. The van der Waals surface area contributed by atoms with Crippen molar-refractivity contribution in [1.29, 1.82) is 0 Å². The molecule has 2 heterocycles. The maximum Gasteiger partial charge on any atom is 0.228 e. The molecule has 1 atom stereocenters. The molecule has 0 aliphatic carbocycles. The average molecular weight is 296 g/mol. The SMILES string of the molecule is Cl.O=C(C1CNC1)N1CCCC(Nc2ccccc2)C1. The Morgan fingerprint density at radius 1 is 1.25 bits per heavy atom. The predicted octanol–water partition coefficient (Wildman–Crippen LogP) is 1.73. The molecular formula is C15H22ClN3O. The second-order valence-corrected chi connectivity index (χ2v) is 5.49. The Balaban J connectivity index is 0.00000147. The Kier molecular flexibility index (Phi) is 5.26. The van der Waals surface area contributed by atoms with Crippen LogP contribution in [0.4, 0.5) is 5.69 Å². The van der Waals surface area contributed by atoms with Gasteiger partial charge in [0, 0.05) is 37.9 Å². The summed E-state index contributed by atoms with van der Waals surface area (Å²) >= 11 is 0. The van der Waals surface area contributed by atoms with E-state index in [0.29, 0.717) is 11.9 Å². The average Bonchev–Trinajstić information content (AvgIpc) is 2.38. The number of hydrogen-bond donors (Lipinski definition) is 2. The first-order valence-electron chi connectivity index (χ1n) is 7.14. The molecule has 1 unspecified atom stereocenters. The van der Waals surface area contributed by atoms with Crippen LogP contribution in [0.15, 0.2) is 30.3 Å². The third kappa shape index (κ3) is 3.44. The predicted molar refractivity (Wildman–Crippen MR) is 83.3 cm³/mol. The molecule has 5 heteroatoms. The highest BCUT2D eigenvalue weighted by molar-refractivity contribution is 5.85. The third-order valence-corrected chi connectivity index (χ3v) is 4.01. The molecular weight excluding hydrogens is 274 g/mol. The standard InChI is InChI=1S/C15H21N3O.ClH/c19-15(12-9-16-10-12)18-8-4-7-14(11-18)17-13-5-2-1-3-6-13;/h1-3,5-6,12,14,16-17H,4,7-11H2;1H. The second-order valence-electron chi connectivity index (χ2n) is 5.49. The lowest BCUT2D eigenvalue weighted by Gasteiger charge is -2.38. The minimum atomic E-state index is 0. The van der Waals surface area contributed by atoms with Gasteiger partial charge in [-0.2, -0.15) is 0 Å². The number of para-hydroxylation sites is 1. The number of anilines is 1. The summed E-state index contributed by atoms with van der Waals surface area (Å²) in [5.74, 6) is 0.550. The second kappa shape index (κ2) is 6.95. The molecule has 0 bridgehead atoms. The first kappa shape index (κ1) is 15.1. The van der Waals surface area contributed by atoms with E-state index in [-0.39, 0.29) is 18.3 Å². The molecule has 2 aliphatic heterocycles. The maximum atomic E-state index is 12.2. The lowest BCUT2D eigenvalue weighted by molar-refractivity contribution is -0.138. The number of rotatable bonds is 3. The van der Waals surface area contributed by atoms with Crippen molar-refractivity contribution in [3.8, 4) is 0 Å². The number of benzene rings is 1. The first-order valence-corrected chi connectivity index (χ1v) is 7.14. The zero-order valence-electron chi connectivity index (χ0n) is 11.5. The van der Waals surface area contributed by atoms with Gasteiger partial charge < -0.3 is 15.5 Å². The number of piperidine rings is 1. The fraction of sp³-hybridized carbons (Fsp3) is 0.533. The Morgan fingerprint density at radius 2 is 2.00 bits per heavy atom. The van der Waals surface area contributed by atoms with Crippen LogP contribution in [0.3, 0.4) is 0 Å². The van der Waals surface area contributed by atoms with Crippen molar-refractivity contribution in [2.75, 3.05) is 31.5 Å². The van der Waals surface area contributed by atoms with Crippen molar-refractivity contribution in [2.45, 2.75) is 18.9 Å². The van der Waals surface area contributed by atoms with Crippen LogP contribution in [0.25, 0.3) is 0 Å². The fourth-order valence-electron chi connectivity index (χ4n) is 2.79. The van der Waals surface area contributed by atoms with Gasteiger partial charge >= 0.3 is 0 Å². The number of hydrogen-bond acceptors (Lipinski definition) is 3. The summed E-state index contributed by atoms with van der Waals surface area (Å²) in [5, 5.41) is 6.70. The van der Waals surface area contributed by atoms with E-state index in [1.807, 2.05) is 23.1 Å². The molecule has 2 saturated heterocycles. The third-order valence-electron chi connectivity index (χ3n) is 4.01. The van der Waals surface area contributed by atoms with E-state index in [1.165, 1.54) is 0 Å². The number of nitrogens with one attached hydrogen (secondary N) is 2. The monoisotopic (exact) mass is 295 g/mol. The highest BCUT2D eigenvalue weighted by Gasteiger charge is 2.31. The summed E-state index contributed by atoms with van der Waals surface area (Å²) in [4.78, 5) is 14.3. The molecule has 0 aromatic heterocycles. The van der Waals surface area contributed by atoms with Gasteiger partial charge in [0.15, 0.2) is 0 Å². The number of carbonyl (C=O) groups is 1. The summed E-state index contributed by atoms with van der Waals surface area (Å²) in [6.07, 6.45) is 2.23. The lowest BCUT2D eigenvalue weighted by Crippen LogP contribution is -2.55. The van der Waals surface area contributed by atoms with E-state index in [0.717, 1.165) is 44.7 Å². The molecule has 20 heavy (non-hydrogen) atoms. The van der Waals surface area contributed by atoms with Crippen molar-refractivity contribution in [2.24, 2.45) is 5.92 Å². The van der Waals surface area contributed by atoms with E-state index in [9.17, 15) is 4.79 Å². The Morgan fingerprint density at radius 3 is 2.65 bits per heavy atom. The molecule has 2 fully saturated rings. The van der Waals surface area contributed by atoms with Gasteiger partial charge in [-0.05, 0) is 25.0 Å². The van der Waals surface area contributed by atoms with Crippen molar-refractivity contribution < 1.29 is 4.79 Å². The Hall–Kier alpha value is -1.26. The van der Waals surface area contributed by atoms with Crippen LogP contribution < -0.4 is 10.6 Å². The van der Waals surface area contributed by atoms with E-state index in [2.05, 4.69) is 22.8 Å². The first-order chi connectivity index (χ1) is 9.33.